The molecular weight excluding hydrogens is 276 g/mol. The number of imide groups is 2. The van der Waals surface area contributed by atoms with Crippen molar-refractivity contribution >= 4 is 35.3 Å². The Bertz CT molecular complexity index is 586. The zero-order chi connectivity index (χ0) is 14.1. The number of carbonyl (C=O) groups excluding carboxylic acids is 3. The zero-order valence-electron chi connectivity index (χ0n) is 10.8. The van der Waals surface area contributed by atoms with E-state index in [4.69, 9.17) is 0 Å². The molecule has 4 amide bonds. The summed E-state index contributed by atoms with van der Waals surface area (Å²) in [7, 11) is 0. The lowest BCUT2D eigenvalue weighted by Crippen LogP contribution is -2.57. The van der Waals surface area contributed by atoms with Gasteiger partial charge in [0.15, 0.2) is 0 Å². The highest BCUT2D eigenvalue weighted by Crippen LogP contribution is 2.27. The van der Waals surface area contributed by atoms with E-state index in [9.17, 15) is 14.4 Å². The number of nitrogens with zero attached hydrogens (tertiary/aromatic N) is 1. The average Bonchev–Trinajstić information content (AvgIpc) is 3.07. The molecule has 1 aliphatic carbocycles. The lowest BCUT2D eigenvalue weighted by Gasteiger charge is -2.31. The van der Waals surface area contributed by atoms with Crippen LogP contribution in [0.3, 0.4) is 0 Å². The van der Waals surface area contributed by atoms with Gasteiger partial charge in [0.05, 0.1) is 0 Å². The van der Waals surface area contributed by atoms with Crippen LogP contribution in [0.25, 0.3) is 6.08 Å². The molecule has 0 bridgehead atoms. The molecule has 6 heteroatoms. The smallest absolute Gasteiger partial charge is 0.273 e. The van der Waals surface area contributed by atoms with Crippen molar-refractivity contribution in [1.82, 2.24) is 10.2 Å². The summed E-state index contributed by atoms with van der Waals surface area (Å²) < 4.78 is 0. The summed E-state index contributed by atoms with van der Waals surface area (Å²) in [4.78, 5) is 37.4. The fourth-order valence-electron chi connectivity index (χ4n) is 2.69. The Morgan fingerprint density at radius 3 is 2.65 bits per heavy atom. The third-order valence-electron chi connectivity index (χ3n) is 3.68. The fraction of sp³-hybridized carbons (Fsp3) is 0.357. The van der Waals surface area contributed by atoms with Crippen LogP contribution in [0.4, 0.5) is 4.79 Å². The summed E-state index contributed by atoms with van der Waals surface area (Å²) in [6, 6.07) is 1.16. The van der Waals surface area contributed by atoms with Crippen molar-refractivity contribution in [3.63, 3.8) is 0 Å². The molecule has 1 aromatic heterocycles. The normalized spacial score (nSPS) is 22.7. The van der Waals surface area contributed by atoms with Crippen LogP contribution >= 0.6 is 11.3 Å². The van der Waals surface area contributed by atoms with Crippen LogP contribution in [0.5, 0.6) is 0 Å². The molecule has 20 heavy (non-hydrogen) atoms. The number of carbonyl (C=O) groups is 3. The first-order chi connectivity index (χ1) is 9.66. The molecule has 104 valence electrons. The number of rotatable bonds is 2. The second kappa shape index (κ2) is 5.20. The molecule has 0 aromatic carbocycles. The summed E-state index contributed by atoms with van der Waals surface area (Å²) in [5.41, 5.74) is 0.837. The Balaban J connectivity index is 1.92. The predicted molar refractivity (Wildman–Crippen MR) is 74.9 cm³/mol. The van der Waals surface area contributed by atoms with E-state index in [-0.39, 0.29) is 11.6 Å². The van der Waals surface area contributed by atoms with Crippen molar-refractivity contribution in [2.24, 2.45) is 0 Å². The molecule has 1 N–H and O–H groups in total. The molecule has 1 aliphatic heterocycles. The van der Waals surface area contributed by atoms with E-state index in [1.54, 1.807) is 6.08 Å². The van der Waals surface area contributed by atoms with Gasteiger partial charge in [-0.15, -0.1) is 0 Å². The van der Waals surface area contributed by atoms with Gasteiger partial charge in [0.2, 0.25) is 0 Å². The van der Waals surface area contributed by atoms with Gasteiger partial charge < -0.3 is 0 Å². The van der Waals surface area contributed by atoms with Crippen molar-refractivity contribution in [3.8, 4) is 0 Å². The first kappa shape index (κ1) is 13.1. The van der Waals surface area contributed by atoms with E-state index in [2.05, 4.69) is 5.32 Å². The van der Waals surface area contributed by atoms with Gasteiger partial charge in [-0.25, -0.2) is 4.79 Å². The van der Waals surface area contributed by atoms with Crippen molar-refractivity contribution in [1.29, 1.82) is 0 Å². The maximum Gasteiger partial charge on any atom is 0.331 e. The van der Waals surface area contributed by atoms with Gasteiger partial charge in [-0.05, 0) is 41.3 Å². The fourth-order valence-corrected chi connectivity index (χ4v) is 3.31. The summed E-state index contributed by atoms with van der Waals surface area (Å²) in [6.45, 7) is 0. The summed E-state index contributed by atoms with van der Waals surface area (Å²) in [6.07, 6.45) is 5.21. The highest BCUT2D eigenvalue weighted by Gasteiger charge is 2.40. The molecule has 0 unspecified atom stereocenters. The first-order valence-electron chi connectivity index (χ1n) is 6.59. The Kier molecular flexibility index (Phi) is 3.40. The lowest BCUT2D eigenvalue weighted by molar-refractivity contribution is -0.131. The van der Waals surface area contributed by atoms with Crippen LogP contribution in [0, 0.1) is 0 Å². The molecule has 0 spiro atoms. The number of thiophene rings is 1. The second-order valence-electron chi connectivity index (χ2n) is 4.99. The molecule has 2 heterocycles. The highest BCUT2D eigenvalue weighted by atomic mass is 32.1. The molecule has 3 rings (SSSR count). The van der Waals surface area contributed by atoms with Gasteiger partial charge in [-0.3, -0.25) is 19.8 Å². The van der Waals surface area contributed by atoms with Crippen LogP contribution < -0.4 is 5.32 Å². The quantitative estimate of drug-likeness (QED) is 0.670. The third kappa shape index (κ3) is 2.27. The number of hydrogen-bond donors (Lipinski definition) is 1. The van der Waals surface area contributed by atoms with E-state index < -0.39 is 17.8 Å². The largest absolute Gasteiger partial charge is 0.331 e. The number of nitrogens with one attached hydrogen (secondary N) is 1. The Labute approximate surface area is 120 Å². The zero-order valence-corrected chi connectivity index (χ0v) is 11.6. The minimum atomic E-state index is -0.611. The Morgan fingerprint density at radius 1 is 1.25 bits per heavy atom. The van der Waals surface area contributed by atoms with Crippen molar-refractivity contribution in [3.05, 3.63) is 28.0 Å². The molecule has 1 aromatic rings. The van der Waals surface area contributed by atoms with Crippen molar-refractivity contribution < 1.29 is 14.4 Å². The number of urea groups is 1. The second-order valence-corrected chi connectivity index (χ2v) is 5.77. The van der Waals surface area contributed by atoms with Crippen LogP contribution in [0.1, 0.15) is 31.2 Å². The van der Waals surface area contributed by atoms with Gasteiger partial charge in [0, 0.05) is 6.04 Å². The van der Waals surface area contributed by atoms with E-state index >= 15 is 0 Å². The van der Waals surface area contributed by atoms with Crippen molar-refractivity contribution in [2.45, 2.75) is 31.7 Å². The van der Waals surface area contributed by atoms with Crippen LogP contribution in [-0.2, 0) is 9.59 Å². The van der Waals surface area contributed by atoms with Crippen LogP contribution in [0.15, 0.2) is 22.4 Å². The maximum atomic E-state index is 12.4. The predicted octanol–water partition coefficient (Wildman–Crippen LogP) is 2.15. The summed E-state index contributed by atoms with van der Waals surface area (Å²) in [5, 5.41) is 5.99. The van der Waals surface area contributed by atoms with E-state index in [1.807, 2.05) is 16.8 Å². The molecule has 2 fully saturated rings. The van der Waals surface area contributed by atoms with Gasteiger partial charge in [0.25, 0.3) is 11.8 Å². The standard InChI is InChI=1S/C14H14N2O3S/c17-12-11(7-9-5-6-20-8-9)13(18)16(14(19)15-12)10-3-1-2-4-10/h5-8,10H,1-4H2,(H,15,17,19)/b11-7+. The van der Waals surface area contributed by atoms with E-state index in [1.165, 1.54) is 16.2 Å². The van der Waals surface area contributed by atoms with Gasteiger partial charge in [0.1, 0.15) is 5.57 Å². The van der Waals surface area contributed by atoms with Gasteiger partial charge in [-0.1, -0.05) is 12.8 Å². The van der Waals surface area contributed by atoms with Gasteiger partial charge >= 0.3 is 6.03 Å². The molecule has 0 atom stereocenters. The molecular formula is C14H14N2O3S. The molecule has 5 nitrogen and oxygen atoms in total. The molecule has 0 radical (unpaired) electrons. The Hall–Kier alpha value is -1.95. The molecule has 1 saturated carbocycles. The van der Waals surface area contributed by atoms with Gasteiger partial charge in [-0.2, -0.15) is 11.3 Å². The number of hydrogen-bond acceptors (Lipinski definition) is 4. The number of amides is 4. The first-order valence-corrected chi connectivity index (χ1v) is 7.54. The van der Waals surface area contributed by atoms with E-state index in [0.29, 0.717) is 0 Å². The lowest BCUT2D eigenvalue weighted by atomic mass is 10.1. The Morgan fingerprint density at radius 2 is 2.00 bits per heavy atom. The molecule has 1 saturated heterocycles. The summed E-state index contributed by atoms with van der Waals surface area (Å²) >= 11 is 1.49. The SMILES string of the molecule is O=C1NC(=O)N(C2CCCC2)C(=O)/C1=C/c1ccsc1. The average molecular weight is 290 g/mol. The highest BCUT2D eigenvalue weighted by molar-refractivity contribution is 7.08. The minimum absolute atomic E-state index is 0.0369. The van der Waals surface area contributed by atoms with Crippen molar-refractivity contribution in [2.75, 3.05) is 0 Å². The maximum absolute atomic E-state index is 12.4. The topological polar surface area (TPSA) is 66.5 Å². The number of barbiturate groups is 1. The van der Waals surface area contributed by atoms with Crippen LogP contribution in [-0.4, -0.2) is 28.8 Å². The van der Waals surface area contributed by atoms with Crippen LogP contribution in [0.2, 0.25) is 0 Å². The minimum Gasteiger partial charge on any atom is -0.273 e. The summed E-state index contributed by atoms with van der Waals surface area (Å²) in [5.74, 6) is -1.09. The molecule has 2 aliphatic rings. The third-order valence-corrected chi connectivity index (χ3v) is 4.38. The monoisotopic (exact) mass is 290 g/mol. The van der Waals surface area contributed by atoms with E-state index in [0.717, 1.165) is 31.2 Å².